The lowest BCUT2D eigenvalue weighted by atomic mass is 9.94. The molecule has 0 fully saturated rings. The second-order valence-corrected chi connectivity index (χ2v) is 8.65. The highest BCUT2D eigenvalue weighted by Gasteiger charge is 2.19. The Hall–Kier alpha value is -3.31. The number of rotatable bonds is 7. The third kappa shape index (κ3) is 5.37. The van der Waals surface area contributed by atoms with Crippen molar-refractivity contribution in [2.24, 2.45) is 0 Å². The van der Waals surface area contributed by atoms with Crippen LogP contribution in [0.3, 0.4) is 0 Å². The Morgan fingerprint density at radius 3 is 2.15 bits per heavy atom. The Bertz CT molecular complexity index is 1180. The number of carbonyl (C=O) groups is 2. The zero-order valence-electron chi connectivity index (χ0n) is 19.6. The molecule has 0 unspecified atom stereocenters. The standard InChI is InChI=1S/C27H29ClN2O3/c1-6-30(23-10-11-24(28)16(2)14-23)22-9-7-8-20(15-22)21-12-17(3)25(18(4)13-21)26(31)29-19(5)27(32)33/h7-15,19H,6H2,1-5H3,(H,29,31)(H,32,33)/t19-/m0/s1. The van der Waals surface area contributed by atoms with Gasteiger partial charge in [-0.2, -0.15) is 0 Å². The maximum atomic E-state index is 12.6. The molecule has 2 N–H and O–H groups in total. The number of carboxylic acid groups (broad SMARTS) is 1. The number of carboxylic acids is 1. The Kier molecular flexibility index (Phi) is 7.44. The number of aryl methyl sites for hydroxylation is 3. The summed E-state index contributed by atoms with van der Waals surface area (Å²) < 4.78 is 0. The molecule has 6 heteroatoms. The number of aliphatic carboxylic acids is 1. The molecular weight excluding hydrogens is 436 g/mol. The summed E-state index contributed by atoms with van der Waals surface area (Å²) in [6.07, 6.45) is 0. The summed E-state index contributed by atoms with van der Waals surface area (Å²) in [4.78, 5) is 26.0. The van der Waals surface area contributed by atoms with Gasteiger partial charge in [0.15, 0.2) is 0 Å². The quantitative estimate of drug-likeness (QED) is 0.431. The highest BCUT2D eigenvalue weighted by Crippen LogP contribution is 2.32. The minimum absolute atomic E-state index is 0.379. The first-order valence-electron chi connectivity index (χ1n) is 10.9. The summed E-state index contributed by atoms with van der Waals surface area (Å²) in [7, 11) is 0. The summed E-state index contributed by atoms with van der Waals surface area (Å²) >= 11 is 6.21. The van der Waals surface area contributed by atoms with E-state index in [0.717, 1.165) is 50.8 Å². The molecule has 0 spiro atoms. The van der Waals surface area contributed by atoms with E-state index in [4.69, 9.17) is 16.7 Å². The average molecular weight is 465 g/mol. The number of hydrogen-bond donors (Lipinski definition) is 2. The zero-order valence-corrected chi connectivity index (χ0v) is 20.3. The number of carbonyl (C=O) groups excluding carboxylic acids is 1. The van der Waals surface area contributed by atoms with Gasteiger partial charge in [-0.3, -0.25) is 9.59 Å². The molecule has 3 aromatic carbocycles. The van der Waals surface area contributed by atoms with Gasteiger partial charge in [0, 0.05) is 28.5 Å². The SMILES string of the molecule is CCN(c1cccc(-c2cc(C)c(C(=O)N[C@@H](C)C(=O)O)c(C)c2)c1)c1ccc(Cl)c(C)c1. The van der Waals surface area contributed by atoms with E-state index in [-0.39, 0.29) is 5.91 Å². The van der Waals surface area contributed by atoms with Crippen LogP contribution in [-0.4, -0.2) is 29.6 Å². The third-order valence-corrected chi connectivity index (χ3v) is 6.16. The van der Waals surface area contributed by atoms with Gasteiger partial charge in [-0.1, -0.05) is 35.9 Å². The van der Waals surface area contributed by atoms with E-state index in [0.29, 0.717) is 5.56 Å². The van der Waals surface area contributed by atoms with Gasteiger partial charge in [0.2, 0.25) is 0 Å². The maximum absolute atomic E-state index is 12.6. The molecule has 0 saturated carbocycles. The second kappa shape index (κ2) is 10.1. The van der Waals surface area contributed by atoms with Gasteiger partial charge >= 0.3 is 5.97 Å². The molecular formula is C27H29ClN2O3. The number of hydrogen-bond acceptors (Lipinski definition) is 3. The molecule has 0 radical (unpaired) electrons. The van der Waals surface area contributed by atoms with Gasteiger partial charge in [-0.15, -0.1) is 0 Å². The predicted molar refractivity (Wildman–Crippen MR) is 135 cm³/mol. The monoisotopic (exact) mass is 464 g/mol. The van der Waals surface area contributed by atoms with E-state index in [2.05, 4.69) is 35.3 Å². The van der Waals surface area contributed by atoms with Crippen LogP contribution in [0, 0.1) is 20.8 Å². The second-order valence-electron chi connectivity index (χ2n) is 8.25. The molecule has 33 heavy (non-hydrogen) atoms. The van der Waals surface area contributed by atoms with Crippen LogP contribution < -0.4 is 10.2 Å². The largest absolute Gasteiger partial charge is 0.480 e. The molecule has 0 heterocycles. The zero-order chi connectivity index (χ0) is 24.3. The van der Waals surface area contributed by atoms with Crippen molar-refractivity contribution in [3.63, 3.8) is 0 Å². The minimum Gasteiger partial charge on any atom is -0.480 e. The van der Waals surface area contributed by atoms with Crippen molar-refractivity contribution < 1.29 is 14.7 Å². The van der Waals surface area contributed by atoms with Crippen LogP contribution in [0.4, 0.5) is 11.4 Å². The van der Waals surface area contributed by atoms with Gasteiger partial charge < -0.3 is 15.3 Å². The number of anilines is 2. The lowest BCUT2D eigenvalue weighted by Gasteiger charge is -2.25. The normalized spacial score (nSPS) is 11.7. The molecule has 1 amide bonds. The van der Waals surface area contributed by atoms with Crippen molar-refractivity contribution in [1.29, 1.82) is 0 Å². The molecule has 172 valence electrons. The molecule has 5 nitrogen and oxygen atoms in total. The minimum atomic E-state index is -1.07. The first-order chi connectivity index (χ1) is 15.6. The van der Waals surface area contributed by atoms with E-state index in [1.165, 1.54) is 6.92 Å². The number of amides is 1. The fourth-order valence-electron chi connectivity index (χ4n) is 3.98. The molecule has 0 aliphatic carbocycles. The van der Waals surface area contributed by atoms with Crippen LogP contribution >= 0.6 is 11.6 Å². The highest BCUT2D eigenvalue weighted by molar-refractivity contribution is 6.31. The topological polar surface area (TPSA) is 69.6 Å². The van der Waals surface area contributed by atoms with Crippen molar-refractivity contribution >= 4 is 34.9 Å². The van der Waals surface area contributed by atoms with Crippen LogP contribution in [0.15, 0.2) is 54.6 Å². The molecule has 0 saturated heterocycles. The van der Waals surface area contributed by atoms with Crippen molar-refractivity contribution in [2.45, 2.75) is 40.7 Å². The summed E-state index contributed by atoms with van der Waals surface area (Å²) in [5, 5.41) is 12.4. The fourth-order valence-corrected chi connectivity index (χ4v) is 4.10. The van der Waals surface area contributed by atoms with Crippen LogP contribution in [0.2, 0.25) is 5.02 Å². The van der Waals surface area contributed by atoms with Gasteiger partial charge in [-0.25, -0.2) is 0 Å². The molecule has 0 aromatic heterocycles. The summed E-state index contributed by atoms with van der Waals surface area (Å²) in [5.41, 5.74) is 7.30. The lowest BCUT2D eigenvalue weighted by molar-refractivity contribution is -0.138. The van der Waals surface area contributed by atoms with Crippen LogP contribution in [0.25, 0.3) is 11.1 Å². The Morgan fingerprint density at radius 1 is 0.939 bits per heavy atom. The van der Waals surface area contributed by atoms with Gasteiger partial charge in [-0.05, 0) is 92.8 Å². The van der Waals surface area contributed by atoms with E-state index in [1.807, 2.05) is 57.2 Å². The molecule has 0 bridgehead atoms. The summed E-state index contributed by atoms with van der Waals surface area (Å²) in [5.74, 6) is -1.45. The Labute approximate surface area is 200 Å². The van der Waals surface area contributed by atoms with Gasteiger partial charge in [0.1, 0.15) is 6.04 Å². The van der Waals surface area contributed by atoms with Crippen molar-refractivity contribution in [3.05, 3.63) is 81.9 Å². The number of nitrogens with one attached hydrogen (secondary N) is 1. The third-order valence-electron chi connectivity index (χ3n) is 5.74. The molecule has 0 aliphatic rings. The van der Waals surface area contributed by atoms with Crippen LogP contribution in [-0.2, 0) is 4.79 Å². The van der Waals surface area contributed by atoms with Crippen molar-refractivity contribution in [2.75, 3.05) is 11.4 Å². The Morgan fingerprint density at radius 2 is 1.58 bits per heavy atom. The van der Waals surface area contributed by atoms with E-state index >= 15 is 0 Å². The van der Waals surface area contributed by atoms with Gasteiger partial charge in [0.25, 0.3) is 5.91 Å². The van der Waals surface area contributed by atoms with Gasteiger partial charge in [0.05, 0.1) is 0 Å². The average Bonchev–Trinajstić information content (AvgIpc) is 2.76. The van der Waals surface area contributed by atoms with Crippen LogP contribution in [0.5, 0.6) is 0 Å². The smallest absolute Gasteiger partial charge is 0.325 e. The number of halogens is 1. The predicted octanol–water partition coefficient (Wildman–Crippen LogP) is 6.29. The first kappa shape index (κ1) is 24.3. The molecule has 3 rings (SSSR count). The fraction of sp³-hybridized carbons (Fsp3) is 0.259. The van der Waals surface area contributed by atoms with E-state index in [1.54, 1.807) is 0 Å². The maximum Gasteiger partial charge on any atom is 0.325 e. The highest BCUT2D eigenvalue weighted by atomic mass is 35.5. The summed E-state index contributed by atoms with van der Waals surface area (Å²) in [6.45, 7) is 10.1. The molecule has 3 aromatic rings. The summed E-state index contributed by atoms with van der Waals surface area (Å²) in [6, 6.07) is 17.3. The first-order valence-corrected chi connectivity index (χ1v) is 11.3. The van der Waals surface area contributed by atoms with Crippen molar-refractivity contribution in [1.82, 2.24) is 5.32 Å². The van der Waals surface area contributed by atoms with Crippen LogP contribution in [0.1, 0.15) is 40.9 Å². The van der Waals surface area contributed by atoms with E-state index < -0.39 is 12.0 Å². The number of nitrogens with zero attached hydrogens (tertiary/aromatic N) is 1. The lowest BCUT2D eigenvalue weighted by Crippen LogP contribution is -2.38. The molecule has 0 aliphatic heterocycles. The van der Waals surface area contributed by atoms with Crippen molar-refractivity contribution in [3.8, 4) is 11.1 Å². The Balaban J connectivity index is 1.96. The number of benzene rings is 3. The van der Waals surface area contributed by atoms with E-state index in [9.17, 15) is 9.59 Å². The molecule has 1 atom stereocenters.